The summed E-state index contributed by atoms with van der Waals surface area (Å²) in [7, 11) is 0. The van der Waals surface area contributed by atoms with Gasteiger partial charge < -0.3 is 4.74 Å². The van der Waals surface area contributed by atoms with Crippen molar-refractivity contribution in [3.8, 4) is 5.75 Å². The van der Waals surface area contributed by atoms with Gasteiger partial charge in [-0.3, -0.25) is 4.79 Å². The molecule has 0 bridgehead atoms. The second kappa shape index (κ2) is 5.43. The van der Waals surface area contributed by atoms with Gasteiger partial charge in [-0.25, -0.2) is 0 Å². The molecule has 0 aromatic heterocycles. The van der Waals surface area contributed by atoms with Crippen molar-refractivity contribution in [2.75, 3.05) is 6.61 Å². The molecule has 0 heterocycles. The summed E-state index contributed by atoms with van der Waals surface area (Å²) in [6.07, 6.45) is 1.06. The van der Waals surface area contributed by atoms with Crippen molar-refractivity contribution in [1.29, 1.82) is 0 Å². The zero-order valence-corrected chi connectivity index (χ0v) is 8.69. The minimum atomic E-state index is -0.0571. The Labute approximate surface area is 84.5 Å². The summed E-state index contributed by atoms with van der Waals surface area (Å²) in [6, 6.07) is 8.58. The molecule has 76 valence electrons. The summed E-state index contributed by atoms with van der Waals surface area (Å²) in [5.74, 6) is 0.926. The number of ether oxygens (including phenoxy) is 1. The molecule has 1 aromatic rings. The normalized spacial score (nSPS) is 12.1. The van der Waals surface area contributed by atoms with E-state index in [-0.39, 0.29) is 5.43 Å². The van der Waals surface area contributed by atoms with Gasteiger partial charge in [0.1, 0.15) is 0 Å². The monoisotopic (exact) mass is 192 g/mol. The van der Waals surface area contributed by atoms with Crippen LogP contribution in [0.15, 0.2) is 35.1 Å². The van der Waals surface area contributed by atoms with Crippen LogP contribution >= 0.6 is 0 Å². The molecule has 1 unspecified atom stereocenters. The van der Waals surface area contributed by atoms with Crippen LogP contribution in [-0.2, 0) is 0 Å². The lowest BCUT2D eigenvalue weighted by Crippen LogP contribution is -2.11. The summed E-state index contributed by atoms with van der Waals surface area (Å²) in [6.45, 7) is 4.82. The zero-order chi connectivity index (χ0) is 10.4. The summed E-state index contributed by atoms with van der Waals surface area (Å²) >= 11 is 0. The van der Waals surface area contributed by atoms with E-state index in [4.69, 9.17) is 4.74 Å². The zero-order valence-electron chi connectivity index (χ0n) is 8.69. The number of hydrogen-bond donors (Lipinski definition) is 0. The summed E-state index contributed by atoms with van der Waals surface area (Å²) < 4.78 is 5.44. The average molecular weight is 192 g/mol. The molecule has 0 saturated carbocycles. The van der Waals surface area contributed by atoms with Gasteiger partial charge in [0, 0.05) is 0 Å². The molecule has 1 atom stereocenters. The Bertz CT molecular complexity index is 333. The van der Waals surface area contributed by atoms with Crippen molar-refractivity contribution < 1.29 is 4.74 Å². The van der Waals surface area contributed by atoms with Gasteiger partial charge >= 0.3 is 0 Å². The average Bonchev–Trinajstić information content (AvgIpc) is 2.39. The topological polar surface area (TPSA) is 26.3 Å². The van der Waals surface area contributed by atoms with E-state index < -0.39 is 0 Å². The third kappa shape index (κ3) is 3.21. The fourth-order valence-electron chi connectivity index (χ4n) is 0.983. The molecule has 0 aliphatic carbocycles. The first-order valence-corrected chi connectivity index (χ1v) is 4.96. The van der Waals surface area contributed by atoms with Gasteiger partial charge in [-0.15, -0.1) is 0 Å². The Morgan fingerprint density at radius 2 is 2.00 bits per heavy atom. The molecule has 0 aliphatic rings. The minimum absolute atomic E-state index is 0.0571. The van der Waals surface area contributed by atoms with Gasteiger partial charge in [-0.2, -0.15) is 0 Å². The van der Waals surface area contributed by atoms with Crippen LogP contribution < -0.4 is 10.2 Å². The van der Waals surface area contributed by atoms with Crippen LogP contribution in [0.4, 0.5) is 0 Å². The van der Waals surface area contributed by atoms with Crippen LogP contribution in [-0.4, -0.2) is 6.61 Å². The molecule has 0 fully saturated rings. The van der Waals surface area contributed by atoms with E-state index in [0.29, 0.717) is 18.3 Å². The third-order valence-corrected chi connectivity index (χ3v) is 2.18. The lowest BCUT2D eigenvalue weighted by Gasteiger charge is -2.08. The predicted molar refractivity (Wildman–Crippen MR) is 57.7 cm³/mol. The van der Waals surface area contributed by atoms with Gasteiger partial charge in [-0.1, -0.05) is 38.5 Å². The van der Waals surface area contributed by atoms with E-state index in [2.05, 4.69) is 13.8 Å². The van der Waals surface area contributed by atoms with E-state index in [1.165, 1.54) is 6.07 Å². The SMILES string of the molecule is CCC(C)COc1cccccc1=O. The summed E-state index contributed by atoms with van der Waals surface area (Å²) in [4.78, 5) is 11.4. The fourth-order valence-corrected chi connectivity index (χ4v) is 0.983. The Morgan fingerprint density at radius 3 is 2.71 bits per heavy atom. The lowest BCUT2D eigenvalue weighted by atomic mass is 10.1. The number of rotatable bonds is 4. The van der Waals surface area contributed by atoms with Crippen molar-refractivity contribution in [3.63, 3.8) is 0 Å². The molecule has 0 spiro atoms. The summed E-state index contributed by atoms with van der Waals surface area (Å²) in [5, 5.41) is 0. The molecule has 0 amide bonds. The largest absolute Gasteiger partial charge is 0.489 e. The highest BCUT2D eigenvalue weighted by molar-refractivity contribution is 5.20. The van der Waals surface area contributed by atoms with Crippen LogP contribution in [0.3, 0.4) is 0 Å². The molecule has 1 aromatic carbocycles. The maximum absolute atomic E-state index is 11.4. The molecule has 0 radical (unpaired) electrons. The summed E-state index contributed by atoms with van der Waals surface area (Å²) in [5.41, 5.74) is -0.0571. The highest BCUT2D eigenvalue weighted by Crippen LogP contribution is 2.05. The number of hydrogen-bond acceptors (Lipinski definition) is 2. The molecule has 2 nitrogen and oxygen atoms in total. The van der Waals surface area contributed by atoms with Crippen LogP contribution in [0.2, 0.25) is 0 Å². The second-order valence-corrected chi connectivity index (χ2v) is 3.46. The molecular formula is C12H16O2. The fraction of sp³-hybridized carbons (Fsp3) is 0.417. The van der Waals surface area contributed by atoms with Crippen molar-refractivity contribution in [2.45, 2.75) is 20.3 Å². The lowest BCUT2D eigenvalue weighted by molar-refractivity contribution is 0.255. The molecule has 0 N–H and O–H groups in total. The van der Waals surface area contributed by atoms with E-state index in [9.17, 15) is 4.79 Å². The quantitative estimate of drug-likeness (QED) is 0.732. The Balaban J connectivity index is 2.69. The van der Waals surface area contributed by atoms with Crippen LogP contribution in [0.25, 0.3) is 0 Å². The Morgan fingerprint density at radius 1 is 1.29 bits per heavy atom. The van der Waals surface area contributed by atoms with Gasteiger partial charge in [-0.05, 0) is 18.1 Å². The Kier molecular flexibility index (Phi) is 4.17. The second-order valence-electron chi connectivity index (χ2n) is 3.46. The van der Waals surface area contributed by atoms with Gasteiger partial charge in [0.15, 0.2) is 5.75 Å². The van der Waals surface area contributed by atoms with Gasteiger partial charge in [0.25, 0.3) is 0 Å². The molecule has 0 saturated heterocycles. The van der Waals surface area contributed by atoms with E-state index in [1.807, 2.05) is 12.1 Å². The van der Waals surface area contributed by atoms with Crippen molar-refractivity contribution in [3.05, 3.63) is 40.6 Å². The minimum Gasteiger partial charge on any atom is -0.489 e. The third-order valence-electron chi connectivity index (χ3n) is 2.18. The molecular weight excluding hydrogens is 176 g/mol. The maximum Gasteiger partial charge on any atom is 0.220 e. The van der Waals surface area contributed by atoms with Gasteiger partial charge in [0.05, 0.1) is 6.61 Å². The maximum atomic E-state index is 11.4. The van der Waals surface area contributed by atoms with E-state index >= 15 is 0 Å². The van der Waals surface area contributed by atoms with Crippen LogP contribution in [0, 0.1) is 5.92 Å². The van der Waals surface area contributed by atoms with Crippen LogP contribution in [0.5, 0.6) is 5.75 Å². The molecule has 0 aliphatic heterocycles. The van der Waals surface area contributed by atoms with Crippen molar-refractivity contribution >= 4 is 0 Å². The predicted octanol–water partition coefficient (Wildman–Crippen LogP) is 2.47. The standard InChI is InChI=1S/C12H16O2/c1-3-10(2)9-14-12-8-6-4-5-7-11(12)13/h4-8,10H,3,9H2,1-2H3. The first-order chi connectivity index (χ1) is 6.74. The van der Waals surface area contributed by atoms with E-state index in [1.54, 1.807) is 12.1 Å². The highest BCUT2D eigenvalue weighted by Gasteiger charge is 2.01. The van der Waals surface area contributed by atoms with Crippen molar-refractivity contribution in [2.24, 2.45) is 5.92 Å². The molecule has 14 heavy (non-hydrogen) atoms. The first-order valence-electron chi connectivity index (χ1n) is 4.96. The van der Waals surface area contributed by atoms with Gasteiger partial charge in [0.2, 0.25) is 5.43 Å². The van der Waals surface area contributed by atoms with E-state index in [0.717, 1.165) is 6.42 Å². The van der Waals surface area contributed by atoms with Crippen LogP contribution in [0.1, 0.15) is 20.3 Å². The first kappa shape index (κ1) is 10.8. The molecule has 1 rings (SSSR count). The highest BCUT2D eigenvalue weighted by atomic mass is 16.5. The molecule has 2 heteroatoms. The smallest absolute Gasteiger partial charge is 0.220 e. The van der Waals surface area contributed by atoms with Crippen molar-refractivity contribution in [1.82, 2.24) is 0 Å². The Hall–Kier alpha value is -1.31.